The molecule has 0 aromatic heterocycles. The van der Waals surface area contributed by atoms with Crippen LogP contribution >= 0.6 is 23.2 Å². The molecule has 4 rings (SSSR count). The van der Waals surface area contributed by atoms with Gasteiger partial charge in [0.2, 0.25) is 10.0 Å². The zero-order valence-electron chi connectivity index (χ0n) is 18.0. The Morgan fingerprint density at radius 3 is 2.52 bits per heavy atom. The maximum atomic E-state index is 13.3. The SMILES string of the molecule is COc1ccc(C2CC(C(NS(=O)(=O)c3cccc(C)c3)c3ccc(Cl)cc3Cl)=NN2)cc1. The molecule has 3 aromatic carbocycles. The summed E-state index contributed by atoms with van der Waals surface area (Å²) in [6.07, 6.45) is 0.492. The minimum absolute atomic E-state index is 0.108. The molecule has 1 heterocycles. The third-order valence-corrected chi connectivity index (χ3v) is 7.46. The number of hydrazone groups is 1. The highest BCUT2D eigenvalue weighted by atomic mass is 35.5. The smallest absolute Gasteiger partial charge is 0.241 e. The van der Waals surface area contributed by atoms with E-state index < -0.39 is 16.1 Å². The van der Waals surface area contributed by atoms with Crippen molar-refractivity contribution in [3.63, 3.8) is 0 Å². The fraction of sp³-hybridized carbons (Fsp3) is 0.208. The molecule has 0 fully saturated rings. The first-order valence-electron chi connectivity index (χ1n) is 10.3. The van der Waals surface area contributed by atoms with Crippen LogP contribution in [0.5, 0.6) is 5.75 Å². The van der Waals surface area contributed by atoms with Gasteiger partial charge in [0.25, 0.3) is 0 Å². The fourth-order valence-corrected chi connectivity index (χ4v) is 5.55. The molecule has 0 radical (unpaired) electrons. The second kappa shape index (κ2) is 9.73. The molecule has 0 bridgehead atoms. The summed E-state index contributed by atoms with van der Waals surface area (Å²) in [5.74, 6) is 0.759. The molecular weight excluding hydrogens is 481 g/mol. The summed E-state index contributed by atoms with van der Waals surface area (Å²) in [6.45, 7) is 1.84. The highest BCUT2D eigenvalue weighted by molar-refractivity contribution is 7.89. The van der Waals surface area contributed by atoms with Crippen LogP contribution in [0.3, 0.4) is 0 Å². The van der Waals surface area contributed by atoms with E-state index in [9.17, 15) is 8.42 Å². The number of ether oxygens (including phenoxy) is 1. The third-order valence-electron chi connectivity index (χ3n) is 5.47. The lowest BCUT2D eigenvalue weighted by Crippen LogP contribution is -2.33. The van der Waals surface area contributed by atoms with Crippen LogP contribution < -0.4 is 14.9 Å². The van der Waals surface area contributed by atoms with Gasteiger partial charge >= 0.3 is 0 Å². The predicted octanol–water partition coefficient (Wildman–Crippen LogP) is 5.42. The molecule has 33 heavy (non-hydrogen) atoms. The maximum absolute atomic E-state index is 13.3. The summed E-state index contributed by atoms with van der Waals surface area (Å²) in [7, 11) is -2.24. The zero-order valence-corrected chi connectivity index (χ0v) is 20.4. The molecule has 1 aliphatic rings. The first-order valence-corrected chi connectivity index (χ1v) is 12.5. The van der Waals surface area contributed by atoms with Gasteiger partial charge < -0.3 is 10.2 Å². The molecule has 2 atom stereocenters. The van der Waals surface area contributed by atoms with Crippen molar-refractivity contribution in [2.45, 2.75) is 30.3 Å². The minimum Gasteiger partial charge on any atom is -0.497 e. The molecule has 172 valence electrons. The van der Waals surface area contributed by atoms with E-state index >= 15 is 0 Å². The summed E-state index contributed by atoms with van der Waals surface area (Å²) in [5.41, 5.74) is 6.17. The highest BCUT2D eigenvalue weighted by Crippen LogP contribution is 2.33. The van der Waals surface area contributed by atoms with Crippen molar-refractivity contribution in [2.75, 3.05) is 7.11 Å². The van der Waals surface area contributed by atoms with E-state index in [0.717, 1.165) is 16.9 Å². The third kappa shape index (κ3) is 5.33. The average molecular weight is 504 g/mol. The number of nitrogens with zero attached hydrogens (tertiary/aromatic N) is 1. The topological polar surface area (TPSA) is 79.8 Å². The summed E-state index contributed by atoms with van der Waals surface area (Å²) in [6, 6.07) is 18.5. The summed E-state index contributed by atoms with van der Waals surface area (Å²) < 4.78 is 34.5. The zero-order chi connectivity index (χ0) is 23.6. The summed E-state index contributed by atoms with van der Waals surface area (Å²) >= 11 is 12.6. The van der Waals surface area contributed by atoms with E-state index in [4.69, 9.17) is 27.9 Å². The van der Waals surface area contributed by atoms with Crippen LogP contribution in [0.4, 0.5) is 0 Å². The Balaban J connectivity index is 1.66. The Morgan fingerprint density at radius 1 is 1.09 bits per heavy atom. The highest BCUT2D eigenvalue weighted by Gasteiger charge is 2.32. The van der Waals surface area contributed by atoms with E-state index in [0.29, 0.717) is 27.7 Å². The quantitative estimate of drug-likeness (QED) is 0.450. The van der Waals surface area contributed by atoms with Gasteiger partial charge in [-0.25, -0.2) is 8.42 Å². The minimum atomic E-state index is -3.85. The van der Waals surface area contributed by atoms with Crippen molar-refractivity contribution in [3.8, 4) is 5.75 Å². The van der Waals surface area contributed by atoms with Gasteiger partial charge in [0.15, 0.2) is 0 Å². The van der Waals surface area contributed by atoms with E-state index in [1.54, 1.807) is 43.5 Å². The average Bonchev–Trinajstić information content (AvgIpc) is 3.28. The molecule has 2 unspecified atom stereocenters. The van der Waals surface area contributed by atoms with E-state index in [1.165, 1.54) is 0 Å². The molecule has 0 saturated carbocycles. The molecular formula is C24H23Cl2N3O3S. The summed E-state index contributed by atoms with van der Waals surface area (Å²) in [5, 5.41) is 5.31. The Labute approximate surface area is 203 Å². The number of sulfonamides is 1. The van der Waals surface area contributed by atoms with Crippen molar-refractivity contribution in [1.29, 1.82) is 0 Å². The number of benzene rings is 3. The predicted molar refractivity (Wildman–Crippen MR) is 132 cm³/mol. The van der Waals surface area contributed by atoms with Gasteiger partial charge in [-0.1, -0.05) is 53.5 Å². The first kappa shape index (κ1) is 23.6. The number of hydrogen-bond donors (Lipinski definition) is 2. The van der Waals surface area contributed by atoms with E-state index in [-0.39, 0.29) is 10.9 Å². The van der Waals surface area contributed by atoms with Gasteiger partial charge in [-0.2, -0.15) is 9.82 Å². The lowest BCUT2D eigenvalue weighted by molar-refractivity contribution is 0.414. The molecule has 0 saturated heterocycles. The van der Waals surface area contributed by atoms with Crippen LogP contribution in [0.1, 0.15) is 35.2 Å². The van der Waals surface area contributed by atoms with Gasteiger partial charge in [0, 0.05) is 16.5 Å². The molecule has 0 aliphatic carbocycles. The lowest BCUT2D eigenvalue weighted by atomic mass is 9.96. The molecule has 2 N–H and O–H groups in total. The Kier molecular flexibility index (Phi) is 6.95. The fourth-order valence-electron chi connectivity index (χ4n) is 3.72. The second-order valence-electron chi connectivity index (χ2n) is 7.80. The molecule has 1 aliphatic heterocycles. The van der Waals surface area contributed by atoms with Crippen LogP contribution in [0.25, 0.3) is 0 Å². The first-order chi connectivity index (χ1) is 15.8. The number of nitrogens with one attached hydrogen (secondary N) is 2. The van der Waals surface area contributed by atoms with E-state index in [1.807, 2.05) is 37.3 Å². The van der Waals surface area contributed by atoms with Gasteiger partial charge in [-0.15, -0.1) is 0 Å². The van der Waals surface area contributed by atoms with E-state index in [2.05, 4.69) is 15.2 Å². The lowest BCUT2D eigenvalue weighted by Gasteiger charge is -2.21. The van der Waals surface area contributed by atoms with Crippen molar-refractivity contribution in [2.24, 2.45) is 5.10 Å². The second-order valence-corrected chi connectivity index (χ2v) is 10.4. The maximum Gasteiger partial charge on any atom is 0.241 e. The van der Waals surface area contributed by atoms with Crippen LogP contribution in [0.15, 0.2) is 76.7 Å². The number of rotatable bonds is 7. The van der Waals surface area contributed by atoms with Crippen LogP contribution in [-0.2, 0) is 10.0 Å². The van der Waals surface area contributed by atoms with Gasteiger partial charge in [-0.05, 0) is 60.0 Å². The van der Waals surface area contributed by atoms with Crippen molar-refractivity contribution < 1.29 is 13.2 Å². The standard InChI is InChI=1S/C24H23Cl2N3O3S/c1-15-4-3-5-19(12-15)33(30,31)29-24(20-11-8-17(25)13-21(20)26)23-14-22(27-28-23)16-6-9-18(32-2)10-7-16/h3-13,22,24,27,29H,14H2,1-2H3. The molecule has 9 heteroatoms. The van der Waals surface area contributed by atoms with Gasteiger partial charge in [0.05, 0.1) is 29.8 Å². The number of aryl methyl sites for hydroxylation is 1. The summed E-state index contributed by atoms with van der Waals surface area (Å²) in [4.78, 5) is 0.177. The Bertz CT molecular complexity index is 1290. The molecule has 0 spiro atoms. The molecule has 0 amide bonds. The number of halogens is 2. The van der Waals surface area contributed by atoms with Crippen LogP contribution in [0.2, 0.25) is 10.0 Å². The number of methoxy groups -OCH3 is 1. The normalized spacial score (nSPS) is 16.7. The Morgan fingerprint density at radius 2 is 1.85 bits per heavy atom. The Hall–Kier alpha value is -2.58. The van der Waals surface area contributed by atoms with Crippen molar-refractivity contribution >= 4 is 38.9 Å². The molecule has 3 aromatic rings. The van der Waals surface area contributed by atoms with Crippen molar-refractivity contribution in [3.05, 3.63) is 93.5 Å². The van der Waals surface area contributed by atoms with Crippen LogP contribution in [0, 0.1) is 6.92 Å². The monoisotopic (exact) mass is 503 g/mol. The van der Waals surface area contributed by atoms with Gasteiger partial charge in [0.1, 0.15) is 5.75 Å². The molecule has 6 nitrogen and oxygen atoms in total. The van der Waals surface area contributed by atoms with Crippen molar-refractivity contribution in [1.82, 2.24) is 10.1 Å². The van der Waals surface area contributed by atoms with Crippen LogP contribution in [-0.4, -0.2) is 21.2 Å². The number of hydrogen-bond acceptors (Lipinski definition) is 5. The largest absolute Gasteiger partial charge is 0.497 e. The van der Waals surface area contributed by atoms with Gasteiger partial charge in [-0.3, -0.25) is 0 Å².